The number of piperidine rings is 1. The van der Waals surface area contributed by atoms with E-state index in [0.29, 0.717) is 0 Å². The van der Waals surface area contributed by atoms with Crippen molar-refractivity contribution in [2.24, 2.45) is 0 Å². The highest BCUT2D eigenvalue weighted by Crippen LogP contribution is 2.25. The average Bonchev–Trinajstić information content (AvgIpc) is 2.65. The lowest BCUT2D eigenvalue weighted by Gasteiger charge is -2.31. The summed E-state index contributed by atoms with van der Waals surface area (Å²) in [5.41, 5.74) is 2.78. The molecule has 1 fully saturated rings. The molecule has 0 N–H and O–H groups in total. The van der Waals surface area contributed by atoms with E-state index in [-0.39, 0.29) is 0 Å². The summed E-state index contributed by atoms with van der Waals surface area (Å²) < 4.78 is 2.29. The molecule has 0 radical (unpaired) electrons. The maximum atomic E-state index is 2.59. The molecule has 4 heteroatoms. The van der Waals surface area contributed by atoms with Gasteiger partial charge in [0.2, 0.25) is 0 Å². The molecule has 2 aromatic carbocycles. The Labute approximate surface area is 161 Å². The summed E-state index contributed by atoms with van der Waals surface area (Å²) in [7, 11) is 2.15. The molecule has 134 valence electrons. The van der Waals surface area contributed by atoms with Gasteiger partial charge in [0.05, 0.1) is 0 Å². The predicted octanol–water partition coefficient (Wildman–Crippen LogP) is 5.15. The molecule has 0 saturated carbocycles. The Morgan fingerprint density at radius 2 is 1.64 bits per heavy atom. The van der Waals surface area contributed by atoms with Crippen molar-refractivity contribution in [2.75, 3.05) is 26.4 Å². The van der Waals surface area contributed by atoms with Crippen LogP contribution in [0.1, 0.15) is 24.0 Å². The van der Waals surface area contributed by atoms with E-state index in [2.05, 4.69) is 77.1 Å². The van der Waals surface area contributed by atoms with Crippen LogP contribution in [0.2, 0.25) is 0 Å². The Morgan fingerprint density at radius 3 is 2.28 bits per heavy atom. The summed E-state index contributed by atoms with van der Waals surface area (Å²) in [6.45, 7) is 4.52. The number of thioether (sulfide) groups is 1. The number of benzene rings is 2. The van der Waals surface area contributed by atoms with Crippen molar-refractivity contribution in [3.05, 3.63) is 65.7 Å². The summed E-state index contributed by atoms with van der Waals surface area (Å²) in [4.78, 5) is 3.90. The van der Waals surface area contributed by atoms with E-state index in [1.54, 1.807) is 0 Å². The van der Waals surface area contributed by atoms with Crippen LogP contribution in [0.3, 0.4) is 0 Å². The topological polar surface area (TPSA) is 6.48 Å². The first-order chi connectivity index (χ1) is 12.2. The molecule has 1 heterocycles. The molecule has 25 heavy (non-hydrogen) atoms. The molecule has 2 aromatic rings. The van der Waals surface area contributed by atoms with E-state index in [9.17, 15) is 0 Å². The quantitative estimate of drug-likeness (QED) is 0.620. The van der Waals surface area contributed by atoms with Crippen LogP contribution >= 0.6 is 23.7 Å². The maximum Gasteiger partial charge on any atom is 0.0340 e. The molecule has 0 unspecified atom stereocenters. The van der Waals surface area contributed by atoms with E-state index >= 15 is 0 Å². The third-order valence-electron chi connectivity index (χ3n) is 4.71. The molecule has 0 aromatic heterocycles. The molecule has 0 bridgehead atoms. The van der Waals surface area contributed by atoms with Crippen LogP contribution in [-0.2, 0) is 13.1 Å². The molecule has 3 rings (SSSR count). The average molecular weight is 373 g/mol. The van der Waals surface area contributed by atoms with Crippen molar-refractivity contribution < 1.29 is 0 Å². The van der Waals surface area contributed by atoms with Gasteiger partial charge in [-0.05, 0) is 74.4 Å². The monoisotopic (exact) mass is 372 g/mol. The van der Waals surface area contributed by atoms with Gasteiger partial charge < -0.3 is 0 Å². The zero-order valence-electron chi connectivity index (χ0n) is 15.2. The van der Waals surface area contributed by atoms with E-state index in [1.165, 1.54) is 42.0 Å². The standard InChI is InChI=1S/C21H28N2S2/c1-22(16-18-6-4-3-5-7-18)25-21-10-8-19(9-11-21)17-23-14-12-20(24-2)13-15-23/h3-11,20H,12-17H2,1-2H3. The molecule has 0 atom stereocenters. The number of nitrogens with zero attached hydrogens (tertiary/aromatic N) is 2. The fourth-order valence-electron chi connectivity index (χ4n) is 3.27. The molecular weight excluding hydrogens is 344 g/mol. The number of hydrogen-bond donors (Lipinski definition) is 0. The Morgan fingerprint density at radius 1 is 0.960 bits per heavy atom. The Kier molecular flexibility index (Phi) is 7.29. The van der Waals surface area contributed by atoms with Gasteiger partial charge in [-0.25, -0.2) is 4.31 Å². The molecular formula is C21H28N2S2. The zero-order valence-corrected chi connectivity index (χ0v) is 16.9. The highest BCUT2D eigenvalue weighted by Gasteiger charge is 2.18. The van der Waals surface area contributed by atoms with E-state index in [4.69, 9.17) is 0 Å². The molecule has 1 aliphatic rings. The van der Waals surface area contributed by atoms with Gasteiger partial charge in [-0.15, -0.1) is 0 Å². The van der Waals surface area contributed by atoms with Gasteiger partial charge in [-0.2, -0.15) is 11.8 Å². The van der Waals surface area contributed by atoms with E-state index < -0.39 is 0 Å². The van der Waals surface area contributed by atoms with Gasteiger partial charge in [0.15, 0.2) is 0 Å². The van der Waals surface area contributed by atoms with Crippen LogP contribution in [0, 0.1) is 0 Å². The van der Waals surface area contributed by atoms with Crippen LogP contribution < -0.4 is 0 Å². The van der Waals surface area contributed by atoms with Gasteiger partial charge in [0, 0.05) is 23.2 Å². The minimum atomic E-state index is 0.871. The summed E-state index contributed by atoms with van der Waals surface area (Å²) in [5.74, 6) is 0. The van der Waals surface area contributed by atoms with Crippen LogP contribution in [0.25, 0.3) is 0 Å². The van der Waals surface area contributed by atoms with Gasteiger partial charge in [0.25, 0.3) is 0 Å². The lowest BCUT2D eigenvalue weighted by Crippen LogP contribution is -2.34. The van der Waals surface area contributed by atoms with Crippen LogP contribution in [0.4, 0.5) is 0 Å². The van der Waals surface area contributed by atoms with Crippen LogP contribution in [-0.4, -0.2) is 40.8 Å². The van der Waals surface area contributed by atoms with Crippen molar-refractivity contribution in [3.8, 4) is 0 Å². The fourth-order valence-corrected chi connectivity index (χ4v) is 4.78. The van der Waals surface area contributed by atoms with Crippen molar-refractivity contribution >= 4 is 23.7 Å². The minimum Gasteiger partial charge on any atom is -0.299 e. The number of hydrogen-bond acceptors (Lipinski definition) is 4. The normalized spacial score (nSPS) is 16.4. The Bertz CT molecular complexity index is 622. The molecule has 1 saturated heterocycles. The van der Waals surface area contributed by atoms with Gasteiger partial charge in [-0.3, -0.25) is 4.90 Å². The second kappa shape index (κ2) is 9.67. The first-order valence-electron chi connectivity index (χ1n) is 9.00. The minimum absolute atomic E-state index is 0.871. The fraction of sp³-hybridized carbons (Fsp3) is 0.429. The van der Waals surface area contributed by atoms with Gasteiger partial charge in [-0.1, -0.05) is 42.5 Å². The van der Waals surface area contributed by atoms with E-state index in [0.717, 1.165) is 18.3 Å². The van der Waals surface area contributed by atoms with E-state index in [1.807, 2.05) is 23.7 Å². The highest BCUT2D eigenvalue weighted by atomic mass is 32.2. The molecule has 2 nitrogen and oxygen atoms in total. The third-order valence-corrected chi connectivity index (χ3v) is 6.77. The lowest BCUT2D eigenvalue weighted by molar-refractivity contribution is 0.225. The van der Waals surface area contributed by atoms with Crippen molar-refractivity contribution in [3.63, 3.8) is 0 Å². The van der Waals surface area contributed by atoms with Crippen LogP contribution in [0.5, 0.6) is 0 Å². The first-order valence-corrected chi connectivity index (χ1v) is 11.1. The van der Waals surface area contributed by atoms with Gasteiger partial charge >= 0.3 is 0 Å². The zero-order chi connectivity index (χ0) is 17.5. The number of likely N-dealkylation sites (tertiary alicyclic amines) is 1. The maximum absolute atomic E-state index is 2.59. The van der Waals surface area contributed by atoms with Gasteiger partial charge in [0.1, 0.15) is 0 Å². The summed E-state index contributed by atoms with van der Waals surface area (Å²) in [6.07, 6.45) is 4.91. The molecule has 0 spiro atoms. The van der Waals surface area contributed by atoms with Crippen molar-refractivity contribution in [1.82, 2.24) is 9.21 Å². The Balaban J connectivity index is 1.47. The van der Waals surface area contributed by atoms with Crippen molar-refractivity contribution in [2.45, 2.75) is 36.1 Å². The third kappa shape index (κ3) is 6.07. The largest absolute Gasteiger partial charge is 0.299 e. The second-order valence-electron chi connectivity index (χ2n) is 6.72. The smallest absolute Gasteiger partial charge is 0.0340 e. The first kappa shape index (κ1) is 18.8. The summed E-state index contributed by atoms with van der Waals surface area (Å²) in [6, 6.07) is 19.7. The second-order valence-corrected chi connectivity index (χ2v) is 9.13. The van der Waals surface area contributed by atoms with Crippen molar-refractivity contribution in [1.29, 1.82) is 0 Å². The summed E-state index contributed by atoms with van der Waals surface area (Å²) >= 11 is 3.84. The molecule has 0 aliphatic carbocycles. The Hall–Kier alpha value is -0.940. The highest BCUT2D eigenvalue weighted by molar-refractivity contribution is 7.99. The summed E-state index contributed by atoms with van der Waals surface area (Å²) in [5, 5.41) is 0.871. The number of rotatable bonds is 7. The SMILES string of the molecule is CSC1CCN(Cc2ccc(SN(C)Cc3ccccc3)cc2)CC1. The molecule has 1 aliphatic heterocycles. The lowest BCUT2D eigenvalue weighted by atomic mass is 10.1. The predicted molar refractivity (Wildman–Crippen MR) is 112 cm³/mol. The van der Waals surface area contributed by atoms with Crippen LogP contribution in [0.15, 0.2) is 59.5 Å². The molecule has 0 amide bonds.